The number of hydrogen-bond acceptors (Lipinski definition) is 4. The van der Waals surface area contributed by atoms with Gasteiger partial charge in [-0.2, -0.15) is 18.3 Å². The SMILES string of the molecule is Cc1cc(C(F)(F)F)n2nc(C3CCCCN3C(=O)Cn3ccnc3)cc2n1. The van der Waals surface area contributed by atoms with Crippen LogP contribution in [0.4, 0.5) is 13.2 Å². The van der Waals surface area contributed by atoms with Crippen molar-refractivity contribution in [1.29, 1.82) is 0 Å². The van der Waals surface area contributed by atoms with Crippen LogP contribution >= 0.6 is 0 Å². The number of hydrogen-bond donors (Lipinski definition) is 0. The van der Waals surface area contributed by atoms with Gasteiger partial charge in [-0.15, -0.1) is 0 Å². The highest BCUT2D eigenvalue weighted by molar-refractivity contribution is 5.76. The van der Waals surface area contributed by atoms with Crippen molar-refractivity contribution in [1.82, 2.24) is 29.0 Å². The summed E-state index contributed by atoms with van der Waals surface area (Å²) >= 11 is 0. The molecule has 4 rings (SSSR count). The number of carbonyl (C=O) groups excluding carboxylic acids is 1. The van der Waals surface area contributed by atoms with E-state index in [0.29, 0.717) is 18.7 Å². The molecule has 0 bridgehead atoms. The van der Waals surface area contributed by atoms with Crippen LogP contribution in [-0.2, 0) is 17.5 Å². The lowest BCUT2D eigenvalue weighted by Crippen LogP contribution is -2.40. The molecule has 0 saturated carbocycles. The Balaban J connectivity index is 1.69. The van der Waals surface area contributed by atoms with Crippen LogP contribution in [0.5, 0.6) is 0 Å². The van der Waals surface area contributed by atoms with Gasteiger partial charge in [0.15, 0.2) is 5.65 Å². The van der Waals surface area contributed by atoms with Gasteiger partial charge in [-0.3, -0.25) is 4.79 Å². The average Bonchev–Trinajstić information content (AvgIpc) is 3.29. The van der Waals surface area contributed by atoms with Crippen molar-refractivity contribution in [3.8, 4) is 0 Å². The number of nitrogens with zero attached hydrogens (tertiary/aromatic N) is 6. The second-order valence-corrected chi connectivity index (χ2v) is 6.95. The van der Waals surface area contributed by atoms with Crippen LogP contribution < -0.4 is 0 Å². The molecular weight excluding hydrogens is 373 g/mol. The number of rotatable bonds is 3. The van der Waals surface area contributed by atoms with Gasteiger partial charge in [0.2, 0.25) is 5.91 Å². The molecule has 1 atom stereocenters. The Morgan fingerprint density at radius 2 is 2.11 bits per heavy atom. The van der Waals surface area contributed by atoms with Gasteiger partial charge in [-0.1, -0.05) is 0 Å². The maximum absolute atomic E-state index is 13.4. The summed E-state index contributed by atoms with van der Waals surface area (Å²) in [5, 5.41) is 4.19. The lowest BCUT2D eigenvalue weighted by atomic mass is 9.99. The van der Waals surface area contributed by atoms with Crippen LogP contribution in [0.3, 0.4) is 0 Å². The molecule has 1 amide bonds. The Kier molecular flexibility index (Phi) is 4.56. The highest BCUT2D eigenvalue weighted by atomic mass is 19.4. The van der Waals surface area contributed by atoms with Crippen LogP contribution in [0.2, 0.25) is 0 Å². The van der Waals surface area contributed by atoms with Crippen LogP contribution in [0.1, 0.15) is 42.4 Å². The molecule has 3 aromatic rings. The number of aryl methyl sites for hydroxylation is 1. The first-order valence-electron chi connectivity index (χ1n) is 9.02. The van der Waals surface area contributed by atoms with Crippen LogP contribution in [0.25, 0.3) is 5.65 Å². The van der Waals surface area contributed by atoms with E-state index in [0.717, 1.165) is 23.4 Å². The molecule has 28 heavy (non-hydrogen) atoms. The highest BCUT2D eigenvalue weighted by Gasteiger charge is 2.36. The molecule has 0 radical (unpaired) electrons. The zero-order valence-corrected chi connectivity index (χ0v) is 15.2. The van der Waals surface area contributed by atoms with Gasteiger partial charge < -0.3 is 9.47 Å². The van der Waals surface area contributed by atoms with Gasteiger partial charge in [0.25, 0.3) is 0 Å². The molecule has 1 fully saturated rings. The number of carbonyl (C=O) groups is 1. The molecule has 1 aliphatic rings. The maximum atomic E-state index is 13.4. The van der Waals surface area contributed by atoms with Gasteiger partial charge in [0.05, 0.1) is 18.1 Å². The third-order valence-electron chi connectivity index (χ3n) is 4.91. The van der Waals surface area contributed by atoms with E-state index in [9.17, 15) is 18.0 Å². The molecule has 0 aromatic carbocycles. The van der Waals surface area contributed by atoms with E-state index >= 15 is 0 Å². The molecule has 0 N–H and O–H groups in total. The number of aromatic nitrogens is 5. The molecule has 1 aliphatic heterocycles. The van der Waals surface area contributed by atoms with Crippen molar-refractivity contribution in [2.24, 2.45) is 0 Å². The molecule has 7 nitrogen and oxygen atoms in total. The first-order valence-corrected chi connectivity index (χ1v) is 9.02. The Hall–Kier alpha value is -2.91. The number of piperidine rings is 1. The lowest BCUT2D eigenvalue weighted by Gasteiger charge is -2.34. The van der Waals surface area contributed by atoms with Gasteiger partial charge in [0, 0.05) is 30.7 Å². The first-order chi connectivity index (χ1) is 13.3. The molecular formula is C18H19F3N6O. The van der Waals surface area contributed by atoms with Gasteiger partial charge in [-0.05, 0) is 32.3 Å². The Bertz CT molecular complexity index is 995. The molecule has 0 aliphatic carbocycles. The molecule has 4 heterocycles. The van der Waals surface area contributed by atoms with Gasteiger partial charge in [-0.25, -0.2) is 14.5 Å². The van der Waals surface area contributed by atoms with Crippen molar-refractivity contribution in [2.45, 2.75) is 44.9 Å². The summed E-state index contributed by atoms with van der Waals surface area (Å²) in [5.74, 6) is -0.111. The number of alkyl halides is 3. The number of imidazole rings is 1. The molecule has 1 saturated heterocycles. The third-order valence-corrected chi connectivity index (χ3v) is 4.91. The van der Waals surface area contributed by atoms with E-state index in [2.05, 4.69) is 15.1 Å². The summed E-state index contributed by atoms with van der Waals surface area (Å²) in [5.41, 5.74) is -0.0338. The van der Waals surface area contributed by atoms with Crippen LogP contribution in [-0.4, -0.2) is 41.5 Å². The smallest absolute Gasteiger partial charge is 0.332 e. The highest BCUT2D eigenvalue weighted by Crippen LogP contribution is 2.34. The fourth-order valence-electron chi connectivity index (χ4n) is 3.65. The van der Waals surface area contributed by atoms with Crippen LogP contribution in [0.15, 0.2) is 30.9 Å². The maximum Gasteiger partial charge on any atom is 0.433 e. The van der Waals surface area contributed by atoms with E-state index in [1.165, 1.54) is 6.92 Å². The molecule has 3 aromatic heterocycles. The molecule has 148 valence electrons. The Labute approximate surface area is 158 Å². The lowest BCUT2D eigenvalue weighted by molar-refractivity contribution is -0.143. The largest absolute Gasteiger partial charge is 0.433 e. The van der Waals surface area contributed by atoms with E-state index in [4.69, 9.17) is 0 Å². The van der Waals surface area contributed by atoms with Gasteiger partial charge >= 0.3 is 6.18 Å². The van der Waals surface area contributed by atoms with E-state index in [-0.39, 0.29) is 29.8 Å². The minimum Gasteiger partial charge on any atom is -0.332 e. The standard InChI is InChI=1S/C18H19F3N6O/c1-12-8-15(18(19,20)21)27-16(23-12)9-13(24-27)14-4-2-3-6-26(14)17(28)10-25-7-5-22-11-25/h5,7-9,11,14H,2-4,6,10H2,1H3. The quantitative estimate of drug-likeness (QED) is 0.687. The van der Waals surface area contributed by atoms with Crippen molar-refractivity contribution < 1.29 is 18.0 Å². The van der Waals surface area contributed by atoms with Crippen molar-refractivity contribution in [2.75, 3.05) is 6.54 Å². The van der Waals surface area contributed by atoms with E-state index in [1.807, 2.05) is 0 Å². The normalized spacial score (nSPS) is 18.0. The predicted octanol–water partition coefficient (Wildman–Crippen LogP) is 3.01. The van der Waals surface area contributed by atoms with E-state index in [1.54, 1.807) is 34.3 Å². The summed E-state index contributed by atoms with van der Waals surface area (Å²) in [7, 11) is 0. The molecule has 0 spiro atoms. The number of fused-ring (bicyclic) bond motifs is 1. The van der Waals surface area contributed by atoms with Gasteiger partial charge in [0.1, 0.15) is 12.2 Å². The number of likely N-dealkylation sites (tertiary alicyclic amines) is 1. The Morgan fingerprint density at radius 1 is 1.29 bits per heavy atom. The van der Waals surface area contributed by atoms with Crippen molar-refractivity contribution >= 4 is 11.6 Å². The summed E-state index contributed by atoms with van der Waals surface area (Å²) in [6, 6.07) is 2.16. The minimum absolute atomic E-state index is 0.111. The van der Waals surface area contributed by atoms with E-state index < -0.39 is 11.9 Å². The average molecular weight is 392 g/mol. The predicted molar refractivity (Wildman–Crippen MR) is 93.3 cm³/mol. The summed E-state index contributed by atoms with van der Waals surface area (Å²) < 4.78 is 42.7. The zero-order chi connectivity index (χ0) is 19.9. The first kappa shape index (κ1) is 18.5. The second kappa shape index (κ2) is 6.92. The summed E-state index contributed by atoms with van der Waals surface area (Å²) in [6.45, 7) is 2.20. The summed E-state index contributed by atoms with van der Waals surface area (Å²) in [6.07, 6.45) is 2.69. The third kappa shape index (κ3) is 3.46. The minimum atomic E-state index is -4.54. The Morgan fingerprint density at radius 3 is 2.82 bits per heavy atom. The topological polar surface area (TPSA) is 68.3 Å². The van der Waals surface area contributed by atoms with Crippen molar-refractivity contribution in [3.05, 3.63) is 47.9 Å². The van der Waals surface area contributed by atoms with Crippen molar-refractivity contribution in [3.63, 3.8) is 0 Å². The fraction of sp³-hybridized carbons (Fsp3) is 0.444. The monoisotopic (exact) mass is 392 g/mol. The number of halogens is 3. The summed E-state index contributed by atoms with van der Waals surface area (Å²) in [4.78, 5) is 22.6. The molecule has 10 heteroatoms. The number of amides is 1. The van der Waals surface area contributed by atoms with Crippen LogP contribution in [0, 0.1) is 6.92 Å². The second-order valence-electron chi connectivity index (χ2n) is 6.95. The molecule has 1 unspecified atom stereocenters. The zero-order valence-electron chi connectivity index (χ0n) is 15.2. The fourth-order valence-corrected chi connectivity index (χ4v) is 3.65.